The number of hydrogen-bond acceptors (Lipinski definition) is 4. The van der Waals surface area contributed by atoms with E-state index in [9.17, 15) is 13.2 Å². The van der Waals surface area contributed by atoms with Crippen molar-refractivity contribution in [3.8, 4) is 0 Å². The van der Waals surface area contributed by atoms with Crippen LogP contribution in [0.1, 0.15) is 20.8 Å². The van der Waals surface area contributed by atoms with E-state index in [1.165, 1.54) is 0 Å². The third kappa shape index (κ3) is 7.49. The van der Waals surface area contributed by atoms with Gasteiger partial charge in [0.15, 0.2) is 5.75 Å². The molecule has 0 unspecified atom stereocenters. The highest BCUT2D eigenvalue weighted by molar-refractivity contribution is 7.89. The largest absolute Gasteiger partial charge is 0.459 e. The molecule has 0 rings (SSSR count). The number of esters is 1. The average Bonchev–Trinajstić information content (AvgIpc) is 1.49. The molecule has 0 amide bonds. The van der Waals surface area contributed by atoms with Gasteiger partial charge in [-0.1, -0.05) is 0 Å². The third-order valence-electron chi connectivity index (χ3n) is 0.739. The lowest BCUT2D eigenvalue weighted by atomic mass is 10.2. The molecule has 0 heterocycles. The van der Waals surface area contributed by atoms with E-state index in [-0.39, 0.29) is 0 Å². The summed E-state index contributed by atoms with van der Waals surface area (Å²) in [6.07, 6.45) is 0. The summed E-state index contributed by atoms with van der Waals surface area (Å²) in [5.74, 6) is -1.60. The zero-order valence-corrected chi connectivity index (χ0v) is 8.14. The highest BCUT2D eigenvalue weighted by Crippen LogP contribution is 2.06. The lowest BCUT2D eigenvalue weighted by molar-refractivity contribution is -0.151. The standard InChI is InChI=1S/C6H13NO4S/c1-6(2,3)11-5(8)4-12(7,9)10/h4H2,1-3H3,(H2,7,9,10). The fourth-order valence-corrected chi connectivity index (χ4v) is 0.923. The number of carbonyl (C=O) groups excluding carboxylic acids is 1. The second kappa shape index (κ2) is 3.40. The van der Waals surface area contributed by atoms with Gasteiger partial charge in [-0.2, -0.15) is 0 Å². The molecule has 0 aliphatic carbocycles. The molecule has 0 radical (unpaired) electrons. The number of rotatable bonds is 2. The third-order valence-corrected chi connectivity index (χ3v) is 1.38. The molecule has 0 spiro atoms. The molecule has 72 valence electrons. The predicted octanol–water partition coefficient (Wildman–Crippen LogP) is -0.383. The van der Waals surface area contributed by atoms with Crippen molar-refractivity contribution in [3.63, 3.8) is 0 Å². The van der Waals surface area contributed by atoms with Crippen molar-refractivity contribution in [2.45, 2.75) is 26.4 Å². The van der Waals surface area contributed by atoms with Crippen molar-refractivity contribution >= 4 is 16.0 Å². The van der Waals surface area contributed by atoms with E-state index < -0.39 is 27.3 Å². The van der Waals surface area contributed by atoms with E-state index in [0.717, 1.165) is 0 Å². The molecule has 0 aliphatic rings. The van der Waals surface area contributed by atoms with Crippen molar-refractivity contribution in [1.29, 1.82) is 0 Å². The molecule has 0 aromatic heterocycles. The summed E-state index contributed by atoms with van der Waals surface area (Å²) >= 11 is 0. The van der Waals surface area contributed by atoms with Gasteiger partial charge in [-0.05, 0) is 20.8 Å². The number of primary sulfonamides is 1. The monoisotopic (exact) mass is 195 g/mol. The molecule has 6 heteroatoms. The maximum absolute atomic E-state index is 10.8. The first-order valence-corrected chi connectivity index (χ1v) is 5.04. The fourth-order valence-electron chi connectivity index (χ4n) is 0.535. The van der Waals surface area contributed by atoms with Gasteiger partial charge in [-0.25, -0.2) is 13.6 Å². The molecule has 0 aliphatic heterocycles. The first kappa shape index (κ1) is 11.4. The Morgan fingerprint density at radius 3 is 2.08 bits per heavy atom. The van der Waals surface area contributed by atoms with Gasteiger partial charge >= 0.3 is 5.97 Å². The molecular formula is C6H13NO4S. The van der Waals surface area contributed by atoms with E-state index in [1.807, 2.05) is 0 Å². The smallest absolute Gasteiger partial charge is 0.323 e. The number of nitrogens with two attached hydrogens (primary N) is 1. The number of carbonyl (C=O) groups is 1. The van der Waals surface area contributed by atoms with E-state index >= 15 is 0 Å². The van der Waals surface area contributed by atoms with Crippen LogP contribution in [0.2, 0.25) is 0 Å². The van der Waals surface area contributed by atoms with Gasteiger partial charge in [-0.3, -0.25) is 4.79 Å². The molecule has 5 nitrogen and oxygen atoms in total. The summed E-state index contributed by atoms with van der Waals surface area (Å²) in [6, 6.07) is 0. The van der Waals surface area contributed by atoms with Gasteiger partial charge in [0.05, 0.1) is 0 Å². The van der Waals surface area contributed by atoms with E-state index in [1.54, 1.807) is 20.8 Å². The van der Waals surface area contributed by atoms with Crippen LogP contribution < -0.4 is 5.14 Å². The number of ether oxygens (including phenoxy) is 1. The summed E-state index contributed by atoms with van der Waals surface area (Å²) in [4.78, 5) is 10.8. The molecule has 12 heavy (non-hydrogen) atoms. The van der Waals surface area contributed by atoms with Crippen LogP contribution in [0.4, 0.5) is 0 Å². The van der Waals surface area contributed by atoms with Crippen LogP contribution in [-0.2, 0) is 19.6 Å². The second-order valence-corrected chi connectivity index (χ2v) is 5.01. The van der Waals surface area contributed by atoms with E-state index in [4.69, 9.17) is 4.74 Å². The van der Waals surface area contributed by atoms with Crippen LogP contribution >= 0.6 is 0 Å². The summed E-state index contributed by atoms with van der Waals surface area (Å²) in [6.45, 7) is 4.94. The highest BCUT2D eigenvalue weighted by Gasteiger charge is 2.19. The Morgan fingerprint density at radius 1 is 1.42 bits per heavy atom. The molecule has 0 saturated heterocycles. The normalized spacial score (nSPS) is 12.7. The van der Waals surface area contributed by atoms with Crippen LogP contribution in [0, 0.1) is 0 Å². The fraction of sp³-hybridized carbons (Fsp3) is 0.833. The second-order valence-electron chi connectivity index (χ2n) is 3.39. The zero-order chi connectivity index (χ0) is 9.99. The molecular weight excluding hydrogens is 182 g/mol. The predicted molar refractivity (Wildman–Crippen MR) is 43.8 cm³/mol. The van der Waals surface area contributed by atoms with Gasteiger partial charge < -0.3 is 4.74 Å². The minimum atomic E-state index is -3.77. The minimum Gasteiger partial charge on any atom is -0.459 e. The lowest BCUT2D eigenvalue weighted by Gasteiger charge is -2.18. The molecule has 0 aromatic rings. The van der Waals surface area contributed by atoms with Crippen molar-refractivity contribution in [1.82, 2.24) is 0 Å². The van der Waals surface area contributed by atoms with Crippen LogP contribution in [0.5, 0.6) is 0 Å². The molecule has 0 fully saturated rings. The van der Waals surface area contributed by atoms with Gasteiger partial charge in [-0.15, -0.1) is 0 Å². The number of hydrogen-bond donors (Lipinski definition) is 1. The summed E-state index contributed by atoms with van der Waals surface area (Å²) < 4.78 is 25.5. The van der Waals surface area contributed by atoms with Crippen LogP contribution in [0.25, 0.3) is 0 Å². The summed E-state index contributed by atoms with van der Waals surface area (Å²) in [5, 5.41) is 4.63. The summed E-state index contributed by atoms with van der Waals surface area (Å²) in [7, 11) is -3.77. The van der Waals surface area contributed by atoms with Crippen molar-refractivity contribution in [2.75, 3.05) is 5.75 Å². The van der Waals surface area contributed by atoms with Crippen LogP contribution in [0.15, 0.2) is 0 Å². The van der Waals surface area contributed by atoms with Gasteiger partial charge in [0.1, 0.15) is 5.60 Å². The lowest BCUT2D eigenvalue weighted by Crippen LogP contribution is -2.31. The zero-order valence-electron chi connectivity index (χ0n) is 7.33. The molecule has 0 saturated carbocycles. The van der Waals surface area contributed by atoms with Gasteiger partial charge in [0.25, 0.3) is 0 Å². The topological polar surface area (TPSA) is 86.5 Å². The van der Waals surface area contributed by atoms with Crippen molar-refractivity contribution < 1.29 is 17.9 Å². The van der Waals surface area contributed by atoms with Crippen molar-refractivity contribution in [3.05, 3.63) is 0 Å². The van der Waals surface area contributed by atoms with Gasteiger partial charge in [0.2, 0.25) is 10.0 Å². The Morgan fingerprint density at radius 2 is 1.83 bits per heavy atom. The summed E-state index contributed by atoms with van der Waals surface area (Å²) in [5.41, 5.74) is -0.679. The van der Waals surface area contributed by atoms with E-state index in [0.29, 0.717) is 0 Å². The first-order chi connectivity index (χ1) is 5.10. The Balaban J connectivity index is 4.10. The quantitative estimate of drug-likeness (QED) is 0.608. The highest BCUT2D eigenvalue weighted by atomic mass is 32.2. The SMILES string of the molecule is CC(C)(C)OC(=O)CS(N)(=O)=O. The van der Waals surface area contributed by atoms with Gasteiger partial charge in [0, 0.05) is 0 Å². The Hall–Kier alpha value is -0.620. The van der Waals surface area contributed by atoms with Crippen LogP contribution in [-0.4, -0.2) is 25.7 Å². The maximum Gasteiger partial charge on any atom is 0.323 e. The van der Waals surface area contributed by atoms with Crippen molar-refractivity contribution in [2.24, 2.45) is 5.14 Å². The molecule has 0 bridgehead atoms. The molecule has 0 atom stereocenters. The minimum absolute atomic E-state index is 0.679. The Labute approximate surface area is 71.9 Å². The van der Waals surface area contributed by atoms with Crippen LogP contribution in [0.3, 0.4) is 0 Å². The Bertz CT molecular complexity index is 262. The van der Waals surface area contributed by atoms with E-state index in [2.05, 4.69) is 5.14 Å². The molecule has 0 aromatic carbocycles. The maximum atomic E-state index is 10.8. The first-order valence-electron chi connectivity index (χ1n) is 3.32. The Kier molecular flexibility index (Phi) is 3.23. The average molecular weight is 195 g/mol. The number of sulfonamides is 1. The molecule has 2 N–H and O–H groups in total.